The zero-order valence-electron chi connectivity index (χ0n) is 26.8. The van der Waals surface area contributed by atoms with Gasteiger partial charge < -0.3 is 10.5 Å². The van der Waals surface area contributed by atoms with Crippen LogP contribution in [0.4, 0.5) is 8.78 Å². The van der Waals surface area contributed by atoms with Gasteiger partial charge in [0, 0.05) is 33.1 Å². The molecule has 0 bridgehead atoms. The van der Waals surface area contributed by atoms with Crippen LogP contribution in [0, 0.1) is 11.6 Å². The standard InChI is InChI=1S/C24H22Cl3F2N3O3S2.C4H10.2C2H6/c1-31(37(34)14-15-8-17(26)10-18(27)9-15)6-7-32(13-23(30)33)36-20-11-21(28)24(22(29)12-20)35-19-4-2-16(25)3-5-19;1-3-4-2;2*1-2/h2-5,8-12H,6-7,13-14H2,1H3,(H2,30,33);3-4H2,1-2H3;2*1-2H3. The molecule has 0 spiro atoms. The van der Waals surface area contributed by atoms with Crippen LogP contribution in [-0.2, 0) is 21.5 Å². The zero-order valence-corrected chi connectivity index (χ0v) is 30.7. The van der Waals surface area contributed by atoms with Crippen molar-refractivity contribution in [3.63, 3.8) is 0 Å². The van der Waals surface area contributed by atoms with E-state index in [1.54, 1.807) is 29.6 Å². The average Bonchev–Trinajstić information content (AvgIpc) is 3.00. The number of hydrogen-bond donors (Lipinski definition) is 1. The van der Waals surface area contributed by atoms with Crippen LogP contribution in [0.15, 0.2) is 59.5 Å². The van der Waals surface area contributed by atoms with Crippen LogP contribution in [0.1, 0.15) is 59.9 Å². The second-order valence-electron chi connectivity index (χ2n) is 8.79. The molecule has 1 amide bonds. The Kier molecular flexibility index (Phi) is 23.2. The zero-order chi connectivity index (χ0) is 34.5. The minimum atomic E-state index is -1.42. The van der Waals surface area contributed by atoms with Gasteiger partial charge in [0.2, 0.25) is 5.91 Å². The number of amides is 1. The van der Waals surface area contributed by atoms with Gasteiger partial charge in [0.25, 0.3) is 0 Å². The van der Waals surface area contributed by atoms with E-state index in [-0.39, 0.29) is 36.0 Å². The van der Waals surface area contributed by atoms with E-state index in [2.05, 4.69) is 13.8 Å². The van der Waals surface area contributed by atoms with Gasteiger partial charge in [-0.1, -0.05) is 89.2 Å². The first-order chi connectivity index (χ1) is 21.4. The van der Waals surface area contributed by atoms with Gasteiger partial charge in [-0.2, -0.15) is 0 Å². The summed E-state index contributed by atoms with van der Waals surface area (Å²) in [5.41, 5.74) is 6.06. The van der Waals surface area contributed by atoms with Crippen molar-refractivity contribution in [1.29, 1.82) is 0 Å². The van der Waals surface area contributed by atoms with E-state index in [9.17, 15) is 17.8 Å². The second-order valence-corrected chi connectivity index (χ2v) is 12.8. The lowest BCUT2D eigenvalue weighted by Crippen LogP contribution is -2.35. The minimum Gasteiger partial charge on any atom is -0.451 e. The van der Waals surface area contributed by atoms with E-state index in [1.165, 1.54) is 41.4 Å². The average molecular weight is 727 g/mol. The highest BCUT2D eigenvalue weighted by molar-refractivity contribution is 7.97. The summed E-state index contributed by atoms with van der Waals surface area (Å²) in [6.45, 7) is 12.7. The Morgan fingerprint density at radius 2 is 1.38 bits per heavy atom. The predicted octanol–water partition coefficient (Wildman–Crippen LogP) is 10.2. The lowest BCUT2D eigenvalue weighted by molar-refractivity contribution is -0.118. The summed E-state index contributed by atoms with van der Waals surface area (Å²) in [6, 6.07) is 13.2. The first-order valence-corrected chi connectivity index (χ1v) is 17.8. The Morgan fingerprint density at radius 3 is 1.84 bits per heavy atom. The molecule has 0 fully saturated rings. The molecule has 13 heteroatoms. The molecule has 3 aromatic rings. The maximum Gasteiger partial charge on any atom is 0.232 e. The van der Waals surface area contributed by atoms with Gasteiger partial charge in [0.1, 0.15) is 5.75 Å². The molecule has 0 aliphatic rings. The van der Waals surface area contributed by atoms with Crippen molar-refractivity contribution in [1.82, 2.24) is 8.61 Å². The third-order valence-electron chi connectivity index (χ3n) is 5.30. The van der Waals surface area contributed by atoms with Gasteiger partial charge in [0.05, 0.1) is 23.3 Å². The van der Waals surface area contributed by atoms with Crippen LogP contribution in [-0.4, -0.2) is 45.4 Å². The number of rotatable bonds is 13. The smallest absolute Gasteiger partial charge is 0.232 e. The molecule has 3 aromatic carbocycles. The number of hydrogen-bond acceptors (Lipinski definition) is 5. The van der Waals surface area contributed by atoms with Crippen molar-refractivity contribution in [3.05, 3.63) is 86.9 Å². The SMILES string of the molecule is CC.CC.CCCC.CN(CCN(CC(N)=O)Sc1cc(F)c(Oc2ccc(Cl)cc2)c(F)c1)S(=O)Cc1cc(Cl)cc(Cl)c1. The number of carbonyl (C=O) groups is 1. The van der Waals surface area contributed by atoms with Crippen molar-refractivity contribution in [2.45, 2.75) is 65.0 Å². The van der Waals surface area contributed by atoms with Crippen LogP contribution in [0.3, 0.4) is 0 Å². The number of carbonyl (C=O) groups excluding carboxylic acids is 1. The fourth-order valence-corrected chi connectivity index (χ4v) is 5.72. The van der Waals surface area contributed by atoms with Crippen LogP contribution < -0.4 is 10.5 Å². The molecular formula is C32H44Cl3F2N3O3S2. The summed E-state index contributed by atoms with van der Waals surface area (Å²) in [5, 5.41) is 1.34. The quantitative estimate of drug-likeness (QED) is 0.178. The molecule has 0 saturated heterocycles. The number of primary amides is 1. The Bertz CT molecular complexity index is 1280. The van der Waals surface area contributed by atoms with E-state index in [4.69, 9.17) is 45.3 Å². The Morgan fingerprint density at radius 1 is 0.867 bits per heavy atom. The number of nitrogens with two attached hydrogens (primary N) is 1. The Hall–Kier alpha value is -1.92. The van der Waals surface area contributed by atoms with Gasteiger partial charge in [-0.05, 0) is 79.2 Å². The molecule has 1 atom stereocenters. The molecule has 3 rings (SSSR count). The highest BCUT2D eigenvalue weighted by atomic mass is 35.5. The Balaban J connectivity index is 0.00000220. The van der Waals surface area contributed by atoms with Crippen molar-refractivity contribution >= 4 is 63.6 Å². The second kappa shape index (κ2) is 24.3. The monoisotopic (exact) mass is 725 g/mol. The topological polar surface area (TPSA) is 75.9 Å². The third-order valence-corrected chi connectivity index (χ3v) is 8.46. The lowest BCUT2D eigenvalue weighted by Gasteiger charge is -2.23. The molecule has 0 aliphatic carbocycles. The molecule has 252 valence electrons. The first-order valence-electron chi connectivity index (χ1n) is 14.6. The van der Waals surface area contributed by atoms with E-state index in [0.717, 1.165) is 24.1 Å². The van der Waals surface area contributed by atoms with E-state index < -0.39 is 34.3 Å². The molecule has 2 N–H and O–H groups in total. The molecule has 1 unspecified atom stereocenters. The van der Waals surface area contributed by atoms with E-state index in [0.29, 0.717) is 20.6 Å². The summed E-state index contributed by atoms with van der Waals surface area (Å²) in [6.07, 6.45) is 2.64. The van der Waals surface area contributed by atoms with Gasteiger partial charge in [-0.15, -0.1) is 0 Å². The van der Waals surface area contributed by atoms with E-state index in [1.807, 2.05) is 27.7 Å². The molecule has 45 heavy (non-hydrogen) atoms. The number of nitrogens with zero attached hydrogens (tertiary/aromatic N) is 2. The van der Waals surface area contributed by atoms with E-state index >= 15 is 0 Å². The van der Waals surface area contributed by atoms with Crippen LogP contribution >= 0.6 is 46.8 Å². The van der Waals surface area contributed by atoms with Crippen LogP contribution in [0.5, 0.6) is 11.5 Å². The number of benzene rings is 3. The van der Waals surface area contributed by atoms with Crippen molar-refractivity contribution in [2.75, 3.05) is 26.7 Å². The van der Waals surface area contributed by atoms with Gasteiger partial charge in [0.15, 0.2) is 17.4 Å². The molecule has 0 aliphatic heterocycles. The van der Waals surface area contributed by atoms with Gasteiger partial charge in [-0.25, -0.2) is 21.6 Å². The van der Waals surface area contributed by atoms with Crippen molar-refractivity contribution < 1.29 is 22.5 Å². The fraction of sp³-hybridized carbons (Fsp3) is 0.406. The lowest BCUT2D eigenvalue weighted by atomic mass is 10.2. The fourth-order valence-electron chi connectivity index (χ4n) is 3.09. The summed E-state index contributed by atoms with van der Waals surface area (Å²) >= 11 is 18.8. The molecule has 6 nitrogen and oxygen atoms in total. The molecule has 0 saturated carbocycles. The normalized spacial score (nSPS) is 11.0. The molecule has 0 aromatic heterocycles. The highest BCUT2D eigenvalue weighted by Crippen LogP contribution is 2.33. The third kappa shape index (κ3) is 17.5. The summed E-state index contributed by atoms with van der Waals surface area (Å²) in [4.78, 5) is 11.8. The number of unbranched alkanes of at least 4 members (excludes halogenated alkanes) is 1. The van der Waals surface area contributed by atoms with Crippen LogP contribution in [0.25, 0.3) is 0 Å². The van der Waals surface area contributed by atoms with Gasteiger partial charge >= 0.3 is 0 Å². The highest BCUT2D eigenvalue weighted by Gasteiger charge is 2.19. The Labute approximate surface area is 289 Å². The van der Waals surface area contributed by atoms with Crippen LogP contribution in [0.2, 0.25) is 15.1 Å². The predicted molar refractivity (Wildman–Crippen MR) is 189 cm³/mol. The molecular weight excluding hydrogens is 683 g/mol. The van der Waals surface area contributed by atoms with Gasteiger partial charge in [-0.3, -0.25) is 4.79 Å². The maximum atomic E-state index is 14.7. The largest absolute Gasteiger partial charge is 0.451 e. The first kappa shape index (κ1) is 43.1. The summed E-state index contributed by atoms with van der Waals surface area (Å²) < 4.78 is 50.5. The maximum absolute atomic E-state index is 14.7. The van der Waals surface area contributed by atoms with Crippen molar-refractivity contribution in [2.24, 2.45) is 5.73 Å². The van der Waals surface area contributed by atoms with Crippen molar-refractivity contribution in [3.8, 4) is 11.5 Å². The summed E-state index contributed by atoms with van der Waals surface area (Å²) in [7, 11) is 0.230. The number of ether oxygens (including phenoxy) is 1. The number of likely N-dealkylation sites (N-methyl/N-ethyl adjacent to an activating group) is 1. The minimum absolute atomic E-state index is 0.186. The molecule has 0 heterocycles. The summed E-state index contributed by atoms with van der Waals surface area (Å²) in [5.74, 6) is -2.64. The molecule has 0 radical (unpaired) electrons. The number of halogens is 5.